The quantitative estimate of drug-likeness (QED) is 0.669. The Morgan fingerprint density at radius 1 is 1.20 bits per heavy atom. The van der Waals surface area contributed by atoms with Gasteiger partial charge in [-0.25, -0.2) is 0 Å². The molecule has 0 saturated heterocycles. The highest BCUT2D eigenvalue weighted by atomic mass is 35.5. The SMILES string of the molecule is CCN1C(=O)C(C)(C)COc2cc(CSc3ccc(Cl)cc3)ccc21. The van der Waals surface area contributed by atoms with Crippen molar-refractivity contribution in [3.05, 3.63) is 53.1 Å². The van der Waals surface area contributed by atoms with Crippen molar-refractivity contribution in [3.8, 4) is 5.75 Å². The fourth-order valence-corrected chi connectivity index (χ4v) is 3.76. The van der Waals surface area contributed by atoms with Crippen molar-refractivity contribution in [1.82, 2.24) is 0 Å². The van der Waals surface area contributed by atoms with Crippen LogP contribution in [-0.4, -0.2) is 19.1 Å². The fraction of sp³-hybridized carbons (Fsp3) is 0.350. The highest BCUT2D eigenvalue weighted by molar-refractivity contribution is 7.98. The molecule has 2 aromatic carbocycles. The number of hydrogen-bond acceptors (Lipinski definition) is 3. The van der Waals surface area contributed by atoms with Gasteiger partial charge in [0.2, 0.25) is 5.91 Å². The molecule has 0 spiro atoms. The van der Waals surface area contributed by atoms with E-state index in [9.17, 15) is 4.79 Å². The van der Waals surface area contributed by atoms with Gasteiger partial charge in [-0.1, -0.05) is 17.7 Å². The Bertz CT molecular complexity index is 774. The average molecular weight is 376 g/mol. The molecule has 0 bridgehead atoms. The molecule has 1 heterocycles. The first-order chi connectivity index (χ1) is 11.9. The van der Waals surface area contributed by atoms with Crippen LogP contribution in [0.25, 0.3) is 0 Å². The van der Waals surface area contributed by atoms with E-state index in [1.807, 2.05) is 56.0 Å². The van der Waals surface area contributed by atoms with Crippen LogP contribution < -0.4 is 9.64 Å². The van der Waals surface area contributed by atoms with Gasteiger partial charge in [0, 0.05) is 22.2 Å². The molecule has 0 N–H and O–H groups in total. The van der Waals surface area contributed by atoms with Gasteiger partial charge < -0.3 is 9.64 Å². The summed E-state index contributed by atoms with van der Waals surface area (Å²) in [5.41, 5.74) is 1.51. The van der Waals surface area contributed by atoms with Crippen molar-refractivity contribution < 1.29 is 9.53 Å². The minimum absolute atomic E-state index is 0.108. The van der Waals surface area contributed by atoms with E-state index in [-0.39, 0.29) is 5.91 Å². The molecule has 25 heavy (non-hydrogen) atoms. The first kappa shape index (κ1) is 18.2. The van der Waals surface area contributed by atoms with Crippen molar-refractivity contribution in [2.45, 2.75) is 31.4 Å². The molecular formula is C20H22ClNO2S. The molecule has 0 atom stereocenters. The molecule has 5 heteroatoms. The molecule has 1 amide bonds. The molecule has 132 valence electrons. The first-order valence-corrected chi connectivity index (χ1v) is 9.73. The lowest BCUT2D eigenvalue weighted by Gasteiger charge is -2.26. The molecule has 1 aliphatic rings. The van der Waals surface area contributed by atoms with Crippen LogP contribution in [-0.2, 0) is 10.5 Å². The Labute approximate surface area is 158 Å². The number of hydrogen-bond donors (Lipinski definition) is 0. The summed E-state index contributed by atoms with van der Waals surface area (Å²) in [6.07, 6.45) is 0. The molecule has 0 saturated carbocycles. The summed E-state index contributed by atoms with van der Waals surface area (Å²) < 4.78 is 5.99. The lowest BCUT2D eigenvalue weighted by molar-refractivity contribution is -0.127. The monoisotopic (exact) mass is 375 g/mol. The maximum atomic E-state index is 12.7. The number of thioether (sulfide) groups is 1. The number of nitrogens with zero attached hydrogens (tertiary/aromatic N) is 1. The van der Waals surface area contributed by atoms with E-state index >= 15 is 0 Å². The van der Waals surface area contributed by atoms with Crippen LogP contribution in [0.2, 0.25) is 5.02 Å². The van der Waals surface area contributed by atoms with Crippen LogP contribution in [0.5, 0.6) is 5.75 Å². The molecule has 3 nitrogen and oxygen atoms in total. The Morgan fingerprint density at radius 2 is 1.92 bits per heavy atom. The molecule has 0 radical (unpaired) electrons. The van der Waals surface area contributed by atoms with Crippen molar-refractivity contribution in [1.29, 1.82) is 0 Å². The second-order valence-electron chi connectivity index (χ2n) is 6.77. The number of ether oxygens (including phenoxy) is 1. The van der Waals surface area contributed by atoms with Crippen molar-refractivity contribution in [2.75, 3.05) is 18.1 Å². The lowest BCUT2D eigenvalue weighted by Crippen LogP contribution is -2.42. The average Bonchev–Trinajstić information content (AvgIpc) is 2.69. The summed E-state index contributed by atoms with van der Waals surface area (Å²) in [6, 6.07) is 14.0. The lowest BCUT2D eigenvalue weighted by atomic mass is 9.93. The van der Waals surface area contributed by atoms with Crippen LogP contribution in [0.1, 0.15) is 26.3 Å². The molecular weight excluding hydrogens is 354 g/mol. The maximum absolute atomic E-state index is 12.7. The van der Waals surface area contributed by atoms with E-state index in [2.05, 4.69) is 12.1 Å². The third kappa shape index (κ3) is 3.96. The van der Waals surface area contributed by atoms with E-state index in [4.69, 9.17) is 16.3 Å². The summed E-state index contributed by atoms with van der Waals surface area (Å²) in [5.74, 6) is 1.73. The molecule has 3 rings (SSSR count). The van der Waals surface area contributed by atoms with Gasteiger partial charge in [0.25, 0.3) is 0 Å². The van der Waals surface area contributed by atoms with E-state index in [0.717, 1.165) is 22.2 Å². The predicted octanol–water partition coefficient (Wildman–Crippen LogP) is 5.40. The summed E-state index contributed by atoms with van der Waals surface area (Å²) in [5, 5.41) is 0.745. The number of rotatable bonds is 4. The first-order valence-electron chi connectivity index (χ1n) is 8.37. The normalized spacial score (nSPS) is 16.2. The zero-order valence-electron chi connectivity index (χ0n) is 14.7. The summed E-state index contributed by atoms with van der Waals surface area (Å²) in [6.45, 7) is 6.89. The molecule has 2 aromatic rings. The Morgan fingerprint density at radius 3 is 2.60 bits per heavy atom. The third-order valence-electron chi connectivity index (χ3n) is 4.26. The van der Waals surface area contributed by atoms with Crippen molar-refractivity contribution in [3.63, 3.8) is 0 Å². The van der Waals surface area contributed by atoms with Gasteiger partial charge in [-0.2, -0.15) is 0 Å². The Balaban J connectivity index is 1.81. The maximum Gasteiger partial charge on any atom is 0.236 e. The number of halogens is 1. The minimum atomic E-state index is -0.521. The Kier molecular flexibility index (Phi) is 5.30. The van der Waals surface area contributed by atoms with Crippen LogP contribution in [0.15, 0.2) is 47.4 Å². The number of carbonyl (C=O) groups excluding carboxylic acids is 1. The topological polar surface area (TPSA) is 29.5 Å². The Hall–Kier alpha value is -1.65. The summed E-state index contributed by atoms with van der Waals surface area (Å²) >= 11 is 7.68. The van der Waals surface area contributed by atoms with Crippen LogP contribution in [0, 0.1) is 5.41 Å². The van der Waals surface area contributed by atoms with Crippen molar-refractivity contribution >= 4 is 35.0 Å². The summed E-state index contributed by atoms with van der Waals surface area (Å²) in [4.78, 5) is 15.7. The third-order valence-corrected chi connectivity index (χ3v) is 5.60. The number of fused-ring (bicyclic) bond motifs is 1. The highest BCUT2D eigenvalue weighted by Crippen LogP contribution is 2.38. The van der Waals surface area contributed by atoms with Crippen LogP contribution in [0.4, 0.5) is 5.69 Å². The second kappa shape index (κ2) is 7.30. The number of anilines is 1. The number of carbonyl (C=O) groups is 1. The van der Waals surface area contributed by atoms with Gasteiger partial charge in [-0.3, -0.25) is 4.79 Å². The van der Waals surface area contributed by atoms with Gasteiger partial charge in [-0.05, 0) is 62.7 Å². The number of benzene rings is 2. The van der Waals surface area contributed by atoms with Gasteiger partial charge in [0.1, 0.15) is 12.4 Å². The van der Waals surface area contributed by atoms with Gasteiger partial charge >= 0.3 is 0 Å². The smallest absolute Gasteiger partial charge is 0.236 e. The summed E-state index contributed by atoms with van der Waals surface area (Å²) in [7, 11) is 0. The van der Waals surface area contributed by atoms with E-state index in [0.29, 0.717) is 13.2 Å². The largest absolute Gasteiger partial charge is 0.490 e. The second-order valence-corrected chi connectivity index (χ2v) is 8.25. The van der Waals surface area contributed by atoms with Crippen molar-refractivity contribution in [2.24, 2.45) is 5.41 Å². The molecule has 0 fully saturated rings. The predicted molar refractivity (Wildman–Crippen MR) is 105 cm³/mol. The number of amides is 1. The van der Waals surface area contributed by atoms with Crippen LogP contribution in [0.3, 0.4) is 0 Å². The highest BCUT2D eigenvalue weighted by Gasteiger charge is 2.37. The molecule has 1 aliphatic heterocycles. The molecule has 0 aromatic heterocycles. The van der Waals surface area contributed by atoms with E-state index < -0.39 is 5.41 Å². The zero-order valence-corrected chi connectivity index (χ0v) is 16.3. The van der Waals surface area contributed by atoms with E-state index in [1.165, 1.54) is 10.5 Å². The van der Waals surface area contributed by atoms with E-state index in [1.54, 1.807) is 11.8 Å². The molecule has 0 aliphatic carbocycles. The van der Waals surface area contributed by atoms with Gasteiger partial charge in [0.05, 0.1) is 11.1 Å². The minimum Gasteiger partial charge on any atom is -0.490 e. The van der Waals surface area contributed by atoms with Gasteiger partial charge in [-0.15, -0.1) is 11.8 Å². The molecule has 0 unspecified atom stereocenters. The zero-order chi connectivity index (χ0) is 18.0. The van der Waals surface area contributed by atoms with Gasteiger partial charge in [0.15, 0.2) is 0 Å². The fourth-order valence-electron chi connectivity index (χ4n) is 2.79. The van der Waals surface area contributed by atoms with Crippen LogP contribution >= 0.6 is 23.4 Å². The standard InChI is InChI=1S/C20H22ClNO2S/c1-4-22-17-10-5-14(12-25-16-8-6-15(21)7-9-16)11-18(17)24-13-20(2,3)19(22)23/h5-11H,4,12-13H2,1-3H3.